The molecule has 0 N–H and O–H groups in total. The van der Waals surface area contributed by atoms with E-state index >= 15 is 0 Å². The summed E-state index contributed by atoms with van der Waals surface area (Å²) in [4.78, 5) is 16.8. The molecule has 28 heavy (non-hydrogen) atoms. The summed E-state index contributed by atoms with van der Waals surface area (Å²) in [5.74, 6) is 0.889. The molecule has 156 valence electrons. The fourth-order valence-corrected chi connectivity index (χ4v) is 5.09. The highest BCUT2D eigenvalue weighted by Crippen LogP contribution is 2.22. The first-order valence-electron chi connectivity index (χ1n) is 10.4. The van der Waals surface area contributed by atoms with Gasteiger partial charge in [-0.2, -0.15) is 0 Å². The van der Waals surface area contributed by atoms with Gasteiger partial charge in [0.05, 0.1) is 12.8 Å². The molecule has 1 amide bonds. The standard InChI is InChI=1S/C21H33N3O3S/c1-28(26,27)24-13-5-12-22(16-17-24)18-21(25)23-14-10-20(11-15-23)9-8-19-6-3-2-4-7-19/h2-4,6-7,20H,5,8-18H2,1H3. The van der Waals surface area contributed by atoms with Crippen molar-refractivity contribution in [3.63, 3.8) is 0 Å². The highest BCUT2D eigenvalue weighted by Gasteiger charge is 2.26. The third-order valence-electron chi connectivity index (χ3n) is 6.03. The molecule has 0 spiro atoms. The van der Waals surface area contributed by atoms with E-state index in [-0.39, 0.29) is 5.91 Å². The molecule has 2 fully saturated rings. The highest BCUT2D eigenvalue weighted by molar-refractivity contribution is 7.88. The second-order valence-corrected chi connectivity index (χ2v) is 10.1. The number of carbonyl (C=O) groups is 1. The normalized spacial score (nSPS) is 20.8. The Hall–Kier alpha value is -1.44. The summed E-state index contributed by atoms with van der Waals surface area (Å²) in [7, 11) is -3.14. The zero-order valence-corrected chi connectivity index (χ0v) is 17.7. The fourth-order valence-electron chi connectivity index (χ4n) is 4.21. The number of rotatable bonds is 6. The SMILES string of the molecule is CS(=O)(=O)N1CCCN(CC(=O)N2CCC(CCc3ccccc3)CC2)CC1. The van der Waals surface area contributed by atoms with Crippen LogP contribution in [0.3, 0.4) is 0 Å². The Labute approximate surface area is 169 Å². The molecular formula is C21H33N3O3S. The molecule has 0 aliphatic carbocycles. The molecule has 7 heteroatoms. The molecule has 1 aromatic rings. The van der Waals surface area contributed by atoms with Gasteiger partial charge in [-0.3, -0.25) is 9.69 Å². The summed E-state index contributed by atoms with van der Waals surface area (Å²) in [6.45, 7) is 4.55. The average molecular weight is 408 g/mol. The number of nitrogens with zero attached hydrogens (tertiary/aromatic N) is 3. The summed E-state index contributed by atoms with van der Waals surface area (Å²) < 4.78 is 25.0. The Morgan fingerprint density at radius 2 is 1.71 bits per heavy atom. The third-order valence-corrected chi connectivity index (χ3v) is 7.33. The largest absolute Gasteiger partial charge is 0.342 e. The number of benzene rings is 1. The van der Waals surface area contributed by atoms with Gasteiger partial charge in [-0.05, 0) is 50.1 Å². The first-order chi connectivity index (χ1) is 13.4. The quantitative estimate of drug-likeness (QED) is 0.722. The number of piperidine rings is 1. The van der Waals surface area contributed by atoms with E-state index in [1.807, 2.05) is 4.90 Å². The van der Waals surface area contributed by atoms with Crippen LogP contribution in [0.1, 0.15) is 31.2 Å². The number of carbonyl (C=O) groups excluding carboxylic acids is 1. The summed E-state index contributed by atoms with van der Waals surface area (Å²) in [5, 5.41) is 0. The van der Waals surface area contributed by atoms with Crippen molar-refractivity contribution in [2.45, 2.75) is 32.1 Å². The summed E-state index contributed by atoms with van der Waals surface area (Å²) in [5.41, 5.74) is 1.39. The zero-order chi connectivity index (χ0) is 20.0. The first kappa shape index (κ1) is 21.3. The van der Waals surface area contributed by atoms with Gasteiger partial charge < -0.3 is 4.90 Å². The van der Waals surface area contributed by atoms with Crippen LogP contribution in [-0.2, 0) is 21.2 Å². The Morgan fingerprint density at radius 1 is 1.00 bits per heavy atom. The maximum atomic E-state index is 12.7. The van der Waals surface area contributed by atoms with E-state index < -0.39 is 10.0 Å². The van der Waals surface area contributed by atoms with E-state index in [4.69, 9.17) is 0 Å². The van der Waals surface area contributed by atoms with Gasteiger partial charge in [-0.15, -0.1) is 0 Å². The van der Waals surface area contributed by atoms with Crippen LogP contribution in [0.4, 0.5) is 0 Å². The Morgan fingerprint density at radius 3 is 2.39 bits per heavy atom. The number of hydrogen-bond acceptors (Lipinski definition) is 4. The molecule has 2 heterocycles. The number of amides is 1. The molecule has 2 saturated heterocycles. The van der Waals surface area contributed by atoms with Crippen LogP contribution in [0.15, 0.2) is 30.3 Å². The average Bonchev–Trinajstić information content (AvgIpc) is 2.93. The highest BCUT2D eigenvalue weighted by atomic mass is 32.2. The summed E-state index contributed by atoms with van der Waals surface area (Å²) >= 11 is 0. The minimum atomic E-state index is -3.14. The van der Waals surface area contributed by atoms with Crippen molar-refractivity contribution in [1.82, 2.24) is 14.1 Å². The van der Waals surface area contributed by atoms with Crippen LogP contribution in [0, 0.1) is 5.92 Å². The van der Waals surface area contributed by atoms with Gasteiger partial charge in [0.1, 0.15) is 0 Å². The smallest absolute Gasteiger partial charge is 0.236 e. The van der Waals surface area contributed by atoms with Crippen LogP contribution in [0.5, 0.6) is 0 Å². The molecule has 0 aromatic heterocycles. The second-order valence-electron chi connectivity index (χ2n) is 8.14. The minimum absolute atomic E-state index is 0.189. The van der Waals surface area contributed by atoms with Crippen molar-refractivity contribution >= 4 is 15.9 Å². The van der Waals surface area contributed by atoms with E-state index in [0.29, 0.717) is 32.1 Å². The van der Waals surface area contributed by atoms with E-state index in [1.165, 1.54) is 22.5 Å². The molecule has 2 aliphatic rings. The van der Waals surface area contributed by atoms with E-state index in [2.05, 4.69) is 35.2 Å². The fraction of sp³-hybridized carbons (Fsp3) is 0.667. The van der Waals surface area contributed by atoms with Crippen molar-refractivity contribution in [3.05, 3.63) is 35.9 Å². The van der Waals surface area contributed by atoms with Crippen molar-refractivity contribution < 1.29 is 13.2 Å². The lowest BCUT2D eigenvalue weighted by Gasteiger charge is -2.33. The lowest BCUT2D eigenvalue weighted by atomic mass is 9.90. The predicted molar refractivity (Wildman–Crippen MR) is 112 cm³/mol. The number of likely N-dealkylation sites (tertiary alicyclic amines) is 1. The molecular weight excluding hydrogens is 374 g/mol. The van der Waals surface area contributed by atoms with E-state index in [9.17, 15) is 13.2 Å². The Kier molecular flexibility index (Phi) is 7.48. The van der Waals surface area contributed by atoms with Gasteiger partial charge in [-0.25, -0.2) is 12.7 Å². The Bertz CT molecular complexity index is 731. The van der Waals surface area contributed by atoms with Crippen molar-refractivity contribution in [1.29, 1.82) is 0 Å². The molecule has 2 aliphatic heterocycles. The monoisotopic (exact) mass is 407 g/mol. The van der Waals surface area contributed by atoms with Crippen LogP contribution < -0.4 is 0 Å². The zero-order valence-electron chi connectivity index (χ0n) is 16.9. The molecule has 0 atom stereocenters. The molecule has 1 aromatic carbocycles. The van der Waals surface area contributed by atoms with Crippen molar-refractivity contribution in [2.24, 2.45) is 5.92 Å². The van der Waals surface area contributed by atoms with Gasteiger partial charge in [0.15, 0.2) is 0 Å². The lowest BCUT2D eigenvalue weighted by molar-refractivity contribution is -0.133. The van der Waals surface area contributed by atoms with Crippen molar-refractivity contribution in [3.8, 4) is 0 Å². The van der Waals surface area contributed by atoms with Gasteiger partial charge in [0.2, 0.25) is 15.9 Å². The topological polar surface area (TPSA) is 60.9 Å². The van der Waals surface area contributed by atoms with Gasteiger partial charge in [-0.1, -0.05) is 30.3 Å². The molecule has 0 unspecified atom stereocenters. The lowest BCUT2D eigenvalue weighted by Crippen LogP contribution is -2.45. The molecule has 6 nitrogen and oxygen atoms in total. The van der Waals surface area contributed by atoms with E-state index in [1.54, 1.807) is 0 Å². The van der Waals surface area contributed by atoms with Crippen LogP contribution in [0.25, 0.3) is 0 Å². The molecule has 0 bridgehead atoms. The van der Waals surface area contributed by atoms with Crippen LogP contribution in [0.2, 0.25) is 0 Å². The Balaban J connectivity index is 1.39. The van der Waals surface area contributed by atoms with Crippen molar-refractivity contribution in [2.75, 3.05) is 52.1 Å². The van der Waals surface area contributed by atoms with Gasteiger partial charge in [0, 0.05) is 32.7 Å². The number of aryl methyl sites for hydroxylation is 1. The molecule has 0 saturated carbocycles. The second kappa shape index (κ2) is 9.85. The third kappa shape index (κ3) is 6.29. The maximum absolute atomic E-state index is 12.7. The van der Waals surface area contributed by atoms with Gasteiger partial charge in [0.25, 0.3) is 0 Å². The first-order valence-corrected chi connectivity index (χ1v) is 12.3. The molecule has 0 radical (unpaired) electrons. The summed E-state index contributed by atoms with van der Waals surface area (Å²) in [6, 6.07) is 10.6. The van der Waals surface area contributed by atoms with Crippen LogP contribution >= 0.6 is 0 Å². The number of hydrogen-bond donors (Lipinski definition) is 0. The maximum Gasteiger partial charge on any atom is 0.236 e. The molecule has 3 rings (SSSR count). The van der Waals surface area contributed by atoms with E-state index in [0.717, 1.165) is 45.3 Å². The number of sulfonamides is 1. The van der Waals surface area contributed by atoms with Gasteiger partial charge >= 0.3 is 0 Å². The minimum Gasteiger partial charge on any atom is -0.342 e. The predicted octanol–water partition coefficient (Wildman–Crippen LogP) is 1.83. The van der Waals surface area contributed by atoms with Crippen LogP contribution in [-0.4, -0.2) is 80.5 Å². The summed E-state index contributed by atoms with van der Waals surface area (Å²) in [6.07, 6.45) is 6.52.